The Morgan fingerprint density at radius 3 is 2.50 bits per heavy atom. The van der Waals surface area contributed by atoms with Crippen molar-refractivity contribution in [1.82, 2.24) is 14.9 Å². The Labute approximate surface area is 107 Å². The van der Waals surface area contributed by atoms with Crippen molar-refractivity contribution in [3.63, 3.8) is 0 Å². The lowest BCUT2D eigenvalue weighted by Gasteiger charge is -2.35. The number of hydrogen-bond acceptors (Lipinski definition) is 3. The van der Waals surface area contributed by atoms with Gasteiger partial charge in [-0.25, -0.2) is 4.98 Å². The van der Waals surface area contributed by atoms with Crippen molar-refractivity contribution in [2.24, 2.45) is 0 Å². The minimum absolute atomic E-state index is 0.975. The molecule has 1 aliphatic heterocycles. The number of aromatic nitrogens is 2. The Balaban J connectivity index is 1.55. The lowest BCUT2D eigenvalue weighted by Crippen LogP contribution is -2.46. The molecule has 18 heavy (non-hydrogen) atoms. The summed E-state index contributed by atoms with van der Waals surface area (Å²) in [5.74, 6) is 0. The number of nitrogens with zero attached hydrogens (tertiary/aromatic N) is 3. The van der Waals surface area contributed by atoms with E-state index in [0.717, 1.165) is 32.7 Å². The van der Waals surface area contributed by atoms with E-state index in [1.165, 1.54) is 11.4 Å². The molecule has 0 atom stereocenters. The standard InChI is InChI=1S/C14H18N4/c1-2-4-14(5-3-1)18-8-6-17(7-9-18)11-13-10-15-12-16-13/h1-5,10,12H,6-9,11H2,(H,15,16). The first-order chi connectivity index (χ1) is 8.92. The van der Waals surface area contributed by atoms with Gasteiger partial charge < -0.3 is 9.88 Å². The van der Waals surface area contributed by atoms with E-state index in [2.05, 4.69) is 50.1 Å². The van der Waals surface area contributed by atoms with Crippen LogP contribution in [0.1, 0.15) is 5.69 Å². The molecule has 1 saturated heterocycles. The van der Waals surface area contributed by atoms with E-state index in [-0.39, 0.29) is 0 Å². The van der Waals surface area contributed by atoms with Crippen LogP contribution in [0.25, 0.3) is 0 Å². The summed E-state index contributed by atoms with van der Waals surface area (Å²) >= 11 is 0. The van der Waals surface area contributed by atoms with E-state index < -0.39 is 0 Å². The van der Waals surface area contributed by atoms with Gasteiger partial charge in [0.1, 0.15) is 0 Å². The minimum Gasteiger partial charge on any atom is -0.369 e. The first kappa shape index (κ1) is 11.3. The van der Waals surface area contributed by atoms with E-state index in [0.29, 0.717) is 0 Å². The Bertz CT molecular complexity index is 458. The maximum atomic E-state index is 4.06. The molecule has 0 spiro atoms. The molecule has 0 unspecified atom stereocenters. The maximum Gasteiger partial charge on any atom is 0.0922 e. The van der Waals surface area contributed by atoms with Gasteiger partial charge in [-0.15, -0.1) is 0 Å². The van der Waals surface area contributed by atoms with Gasteiger partial charge in [-0.05, 0) is 12.1 Å². The SMILES string of the molecule is c1ccc(N2CCN(Cc3cnc[nH]3)CC2)cc1. The Hall–Kier alpha value is -1.81. The number of anilines is 1. The molecule has 0 amide bonds. The van der Waals surface area contributed by atoms with Crippen LogP contribution in [0.2, 0.25) is 0 Å². The second-order valence-electron chi connectivity index (χ2n) is 4.68. The van der Waals surface area contributed by atoms with Gasteiger partial charge in [-0.2, -0.15) is 0 Å². The molecule has 2 aromatic rings. The largest absolute Gasteiger partial charge is 0.369 e. The van der Waals surface area contributed by atoms with Crippen molar-refractivity contribution in [3.8, 4) is 0 Å². The van der Waals surface area contributed by atoms with Crippen LogP contribution in [-0.4, -0.2) is 41.0 Å². The summed E-state index contributed by atoms with van der Waals surface area (Å²) < 4.78 is 0. The van der Waals surface area contributed by atoms with Crippen molar-refractivity contribution in [2.45, 2.75) is 6.54 Å². The number of nitrogens with one attached hydrogen (secondary N) is 1. The molecule has 1 aliphatic rings. The van der Waals surface area contributed by atoms with Crippen molar-refractivity contribution in [2.75, 3.05) is 31.1 Å². The molecule has 4 heteroatoms. The normalized spacial score (nSPS) is 17.0. The van der Waals surface area contributed by atoms with Crippen LogP contribution in [0.4, 0.5) is 5.69 Å². The first-order valence-corrected chi connectivity index (χ1v) is 6.41. The van der Waals surface area contributed by atoms with Gasteiger partial charge in [-0.3, -0.25) is 4.90 Å². The van der Waals surface area contributed by atoms with Crippen LogP contribution in [0.5, 0.6) is 0 Å². The second kappa shape index (κ2) is 5.23. The van der Waals surface area contributed by atoms with Gasteiger partial charge >= 0.3 is 0 Å². The molecule has 0 radical (unpaired) electrons. The second-order valence-corrected chi connectivity index (χ2v) is 4.68. The third kappa shape index (κ3) is 2.54. The van der Waals surface area contributed by atoms with Crippen LogP contribution in [0.3, 0.4) is 0 Å². The number of para-hydroxylation sites is 1. The van der Waals surface area contributed by atoms with Crippen LogP contribution in [-0.2, 0) is 6.54 Å². The maximum absolute atomic E-state index is 4.06. The average molecular weight is 242 g/mol. The average Bonchev–Trinajstić information content (AvgIpc) is 2.94. The first-order valence-electron chi connectivity index (χ1n) is 6.41. The number of benzene rings is 1. The number of aromatic amines is 1. The van der Waals surface area contributed by atoms with Crippen LogP contribution in [0.15, 0.2) is 42.9 Å². The summed E-state index contributed by atoms with van der Waals surface area (Å²) in [4.78, 5) is 12.1. The summed E-state index contributed by atoms with van der Waals surface area (Å²) in [6.07, 6.45) is 3.65. The monoisotopic (exact) mass is 242 g/mol. The number of imidazole rings is 1. The van der Waals surface area contributed by atoms with E-state index in [1.54, 1.807) is 6.33 Å². The van der Waals surface area contributed by atoms with Crippen LogP contribution >= 0.6 is 0 Å². The van der Waals surface area contributed by atoms with Gasteiger partial charge in [0.25, 0.3) is 0 Å². The smallest absolute Gasteiger partial charge is 0.0922 e. The molecule has 1 fully saturated rings. The predicted octanol–water partition coefficient (Wildman–Crippen LogP) is 1.73. The molecule has 4 nitrogen and oxygen atoms in total. The third-order valence-electron chi connectivity index (χ3n) is 3.44. The lowest BCUT2D eigenvalue weighted by atomic mass is 10.2. The Morgan fingerprint density at radius 2 is 1.83 bits per heavy atom. The lowest BCUT2D eigenvalue weighted by molar-refractivity contribution is 0.247. The molecule has 94 valence electrons. The summed E-state index contributed by atoms with van der Waals surface area (Å²) in [7, 11) is 0. The molecular weight excluding hydrogens is 224 g/mol. The predicted molar refractivity (Wildman–Crippen MR) is 72.5 cm³/mol. The number of hydrogen-bond donors (Lipinski definition) is 1. The van der Waals surface area contributed by atoms with E-state index in [4.69, 9.17) is 0 Å². The van der Waals surface area contributed by atoms with Crippen molar-refractivity contribution >= 4 is 5.69 Å². The zero-order chi connectivity index (χ0) is 12.2. The molecule has 2 heterocycles. The summed E-state index contributed by atoms with van der Waals surface area (Å²) in [6, 6.07) is 10.6. The van der Waals surface area contributed by atoms with E-state index >= 15 is 0 Å². The quantitative estimate of drug-likeness (QED) is 0.890. The molecule has 0 bridgehead atoms. The van der Waals surface area contributed by atoms with Crippen LogP contribution in [0, 0.1) is 0 Å². The van der Waals surface area contributed by atoms with Gasteiger partial charge in [0.15, 0.2) is 0 Å². The Kier molecular flexibility index (Phi) is 3.28. The summed E-state index contributed by atoms with van der Waals surface area (Å²) in [5, 5.41) is 0. The highest BCUT2D eigenvalue weighted by Gasteiger charge is 2.17. The Morgan fingerprint density at radius 1 is 1.06 bits per heavy atom. The number of piperazine rings is 1. The molecule has 0 saturated carbocycles. The van der Waals surface area contributed by atoms with Gasteiger partial charge in [0, 0.05) is 50.3 Å². The zero-order valence-electron chi connectivity index (χ0n) is 10.4. The van der Waals surface area contributed by atoms with Crippen LogP contribution < -0.4 is 4.90 Å². The van der Waals surface area contributed by atoms with Gasteiger partial charge in [0.2, 0.25) is 0 Å². The fourth-order valence-corrected chi connectivity index (χ4v) is 2.42. The molecule has 1 aromatic carbocycles. The highest BCUT2D eigenvalue weighted by Crippen LogP contribution is 2.16. The molecular formula is C14H18N4. The van der Waals surface area contributed by atoms with Crippen molar-refractivity contribution in [1.29, 1.82) is 0 Å². The summed E-state index contributed by atoms with van der Waals surface area (Å²) in [6.45, 7) is 5.38. The fraction of sp³-hybridized carbons (Fsp3) is 0.357. The highest BCUT2D eigenvalue weighted by molar-refractivity contribution is 5.46. The fourth-order valence-electron chi connectivity index (χ4n) is 2.42. The zero-order valence-corrected chi connectivity index (χ0v) is 10.4. The van der Waals surface area contributed by atoms with Crippen molar-refractivity contribution < 1.29 is 0 Å². The van der Waals surface area contributed by atoms with Gasteiger partial charge in [-0.1, -0.05) is 18.2 Å². The topological polar surface area (TPSA) is 35.2 Å². The van der Waals surface area contributed by atoms with E-state index in [1.807, 2.05) is 6.20 Å². The third-order valence-corrected chi connectivity index (χ3v) is 3.44. The van der Waals surface area contributed by atoms with E-state index in [9.17, 15) is 0 Å². The summed E-state index contributed by atoms with van der Waals surface area (Å²) in [5.41, 5.74) is 2.53. The molecule has 1 N–H and O–H groups in total. The number of rotatable bonds is 3. The number of H-pyrrole nitrogens is 1. The van der Waals surface area contributed by atoms with Gasteiger partial charge in [0.05, 0.1) is 6.33 Å². The highest BCUT2D eigenvalue weighted by atomic mass is 15.3. The minimum atomic E-state index is 0.975. The van der Waals surface area contributed by atoms with Crippen molar-refractivity contribution in [3.05, 3.63) is 48.5 Å². The molecule has 1 aromatic heterocycles. The molecule has 0 aliphatic carbocycles. The molecule has 3 rings (SSSR count).